The van der Waals surface area contributed by atoms with Crippen molar-refractivity contribution in [2.75, 3.05) is 11.9 Å². The van der Waals surface area contributed by atoms with Gasteiger partial charge >= 0.3 is 0 Å². The van der Waals surface area contributed by atoms with Crippen LogP contribution in [-0.4, -0.2) is 18.6 Å². The highest BCUT2D eigenvalue weighted by Crippen LogP contribution is 2.16. The van der Waals surface area contributed by atoms with Gasteiger partial charge in [0.05, 0.1) is 0 Å². The summed E-state index contributed by atoms with van der Waals surface area (Å²) < 4.78 is 19.0. The summed E-state index contributed by atoms with van der Waals surface area (Å²) in [6.45, 7) is 1.70. The second-order valence-corrected chi connectivity index (χ2v) is 5.89. The quantitative estimate of drug-likeness (QED) is 0.856. The second-order valence-electron chi connectivity index (χ2n) is 5.89. The summed E-state index contributed by atoms with van der Waals surface area (Å²) in [7, 11) is 0. The molecule has 0 radical (unpaired) electrons. The minimum atomic E-state index is -0.340. The summed E-state index contributed by atoms with van der Waals surface area (Å²) >= 11 is 0. The maximum atomic E-state index is 13.6. The molecular formula is C19H21FN2O2. The summed E-state index contributed by atoms with van der Waals surface area (Å²) in [6.07, 6.45) is 1.36. The maximum Gasteiger partial charge on any atom is 0.253 e. The fourth-order valence-electron chi connectivity index (χ4n) is 2.75. The van der Waals surface area contributed by atoms with Crippen LogP contribution < -0.4 is 10.6 Å². The number of ether oxygens (including phenoxy) is 1. The lowest BCUT2D eigenvalue weighted by Crippen LogP contribution is -2.26. The largest absolute Gasteiger partial charge is 0.368 e. The molecule has 0 unspecified atom stereocenters. The van der Waals surface area contributed by atoms with Crippen molar-refractivity contribution in [1.29, 1.82) is 0 Å². The highest BCUT2D eigenvalue weighted by atomic mass is 19.1. The molecule has 0 spiro atoms. The molecule has 2 N–H and O–H groups in total. The van der Waals surface area contributed by atoms with E-state index in [0.29, 0.717) is 25.3 Å². The van der Waals surface area contributed by atoms with Gasteiger partial charge in [-0.05, 0) is 36.6 Å². The Balaban J connectivity index is 1.53. The van der Waals surface area contributed by atoms with E-state index in [1.807, 2.05) is 30.3 Å². The van der Waals surface area contributed by atoms with Gasteiger partial charge in [0.15, 0.2) is 0 Å². The van der Waals surface area contributed by atoms with E-state index in [9.17, 15) is 9.18 Å². The molecule has 24 heavy (non-hydrogen) atoms. The van der Waals surface area contributed by atoms with Gasteiger partial charge in [-0.15, -0.1) is 0 Å². The molecular weight excluding hydrogens is 307 g/mol. The van der Waals surface area contributed by atoms with Crippen LogP contribution in [0.15, 0.2) is 48.5 Å². The predicted molar refractivity (Wildman–Crippen MR) is 91.0 cm³/mol. The molecule has 4 nitrogen and oxygen atoms in total. The van der Waals surface area contributed by atoms with E-state index in [2.05, 4.69) is 10.6 Å². The average molecular weight is 328 g/mol. The van der Waals surface area contributed by atoms with E-state index in [-0.39, 0.29) is 17.8 Å². The minimum Gasteiger partial charge on any atom is -0.368 e. The van der Waals surface area contributed by atoms with Gasteiger partial charge in [0, 0.05) is 30.9 Å². The molecule has 2 aromatic carbocycles. The van der Waals surface area contributed by atoms with Crippen molar-refractivity contribution in [2.24, 2.45) is 0 Å². The number of anilines is 1. The number of carbonyl (C=O) groups excluding carboxylic acids is 1. The van der Waals surface area contributed by atoms with Crippen LogP contribution in [0, 0.1) is 5.82 Å². The van der Waals surface area contributed by atoms with Crippen LogP contribution in [0.1, 0.15) is 24.0 Å². The van der Waals surface area contributed by atoms with Crippen LogP contribution in [0.3, 0.4) is 0 Å². The molecule has 0 saturated carbocycles. The number of halogens is 1. The van der Waals surface area contributed by atoms with Gasteiger partial charge in [0.2, 0.25) is 0 Å². The molecule has 1 amide bonds. The van der Waals surface area contributed by atoms with Crippen molar-refractivity contribution in [3.63, 3.8) is 0 Å². The number of amides is 1. The van der Waals surface area contributed by atoms with E-state index in [1.54, 1.807) is 12.1 Å². The summed E-state index contributed by atoms with van der Waals surface area (Å²) in [5.74, 6) is -0.299. The molecule has 1 aliphatic rings. The van der Waals surface area contributed by atoms with Crippen LogP contribution in [-0.2, 0) is 22.6 Å². The third-order valence-corrected chi connectivity index (χ3v) is 4.02. The SMILES string of the molecule is O=C(Nc1cccc(CNCc2ccccc2F)c1)[C@@H]1CCCO1. The lowest BCUT2D eigenvalue weighted by molar-refractivity contribution is -0.124. The number of nitrogens with one attached hydrogen (secondary N) is 2. The number of benzene rings is 2. The highest BCUT2D eigenvalue weighted by Gasteiger charge is 2.23. The second kappa shape index (κ2) is 8.04. The standard InChI is InChI=1S/C19H21FN2O2/c20-17-8-2-1-6-15(17)13-21-12-14-5-3-7-16(11-14)22-19(23)18-9-4-10-24-18/h1-3,5-8,11,18,21H,4,9-10,12-13H2,(H,22,23)/t18-/m0/s1. The summed E-state index contributed by atoms with van der Waals surface area (Å²) in [5.41, 5.74) is 2.41. The van der Waals surface area contributed by atoms with E-state index in [0.717, 1.165) is 24.1 Å². The van der Waals surface area contributed by atoms with Gasteiger partial charge in [-0.3, -0.25) is 4.79 Å². The van der Waals surface area contributed by atoms with Crippen LogP contribution in [0.5, 0.6) is 0 Å². The topological polar surface area (TPSA) is 50.4 Å². The highest BCUT2D eigenvalue weighted by molar-refractivity contribution is 5.94. The third-order valence-electron chi connectivity index (χ3n) is 4.02. The molecule has 0 bridgehead atoms. The molecule has 1 heterocycles. The first-order valence-corrected chi connectivity index (χ1v) is 8.18. The van der Waals surface area contributed by atoms with Crippen LogP contribution in [0.2, 0.25) is 0 Å². The summed E-state index contributed by atoms with van der Waals surface area (Å²) in [4.78, 5) is 12.1. The van der Waals surface area contributed by atoms with Crippen LogP contribution in [0.4, 0.5) is 10.1 Å². The first-order chi connectivity index (χ1) is 11.7. The number of rotatable bonds is 6. The van der Waals surface area contributed by atoms with Crippen molar-refractivity contribution in [3.05, 3.63) is 65.5 Å². The van der Waals surface area contributed by atoms with Gasteiger partial charge in [-0.25, -0.2) is 4.39 Å². The molecule has 5 heteroatoms. The van der Waals surface area contributed by atoms with E-state index in [4.69, 9.17) is 4.74 Å². The fourth-order valence-corrected chi connectivity index (χ4v) is 2.75. The van der Waals surface area contributed by atoms with Gasteiger partial charge in [0.25, 0.3) is 5.91 Å². The molecule has 126 valence electrons. The van der Waals surface area contributed by atoms with Gasteiger partial charge in [-0.1, -0.05) is 30.3 Å². The number of hydrogen-bond donors (Lipinski definition) is 2. The van der Waals surface area contributed by atoms with Gasteiger partial charge < -0.3 is 15.4 Å². The van der Waals surface area contributed by atoms with Crippen LogP contribution in [0.25, 0.3) is 0 Å². The van der Waals surface area contributed by atoms with Crippen molar-refractivity contribution in [3.8, 4) is 0 Å². The van der Waals surface area contributed by atoms with E-state index >= 15 is 0 Å². The Morgan fingerprint density at radius 2 is 2.04 bits per heavy atom. The average Bonchev–Trinajstić information content (AvgIpc) is 3.12. The zero-order valence-corrected chi connectivity index (χ0v) is 13.4. The zero-order chi connectivity index (χ0) is 16.8. The predicted octanol–water partition coefficient (Wildman–Crippen LogP) is 3.23. The minimum absolute atomic E-state index is 0.0936. The summed E-state index contributed by atoms with van der Waals surface area (Å²) in [6, 6.07) is 14.4. The molecule has 0 aromatic heterocycles. The molecule has 2 aromatic rings. The monoisotopic (exact) mass is 328 g/mol. The van der Waals surface area contributed by atoms with Gasteiger partial charge in [-0.2, -0.15) is 0 Å². The Hall–Kier alpha value is -2.24. The smallest absolute Gasteiger partial charge is 0.253 e. The van der Waals surface area contributed by atoms with Crippen molar-refractivity contribution < 1.29 is 13.9 Å². The Kier molecular flexibility index (Phi) is 5.56. The molecule has 1 saturated heterocycles. The first kappa shape index (κ1) is 16.6. The Bertz CT molecular complexity index is 699. The third kappa shape index (κ3) is 4.40. The molecule has 3 rings (SSSR count). The van der Waals surface area contributed by atoms with E-state index < -0.39 is 0 Å². The normalized spacial score (nSPS) is 17.0. The maximum absolute atomic E-state index is 13.6. The van der Waals surface area contributed by atoms with Gasteiger partial charge in [0.1, 0.15) is 11.9 Å². The van der Waals surface area contributed by atoms with Crippen LogP contribution >= 0.6 is 0 Å². The molecule has 1 fully saturated rings. The van der Waals surface area contributed by atoms with Crippen molar-refractivity contribution in [2.45, 2.75) is 32.0 Å². The molecule has 1 atom stereocenters. The fraction of sp³-hybridized carbons (Fsp3) is 0.316. The van der Waals surface area contributed by atoms with Crippen molar-refractivity contribution >= 4 is 11.6 Å². The Morgan fingerprint density at radius 3 is 2.83 bits per heavy atom. The molecule has 0 aliphatic carbocycles. The summed E-state index contributed by atoms with van der Waals surface area (Å²) in [5, 5.41) is 6.11. The Labute approximate surface area is 141 Å². The van der Waals surface area contributed by atoms with E-state index in [1.165, 1.54) is 6.07 Å². The molecule has 1 aliphatic heterocycles. The first-order valence-electron chi connectivity index (χ1n) is 8.18. The Morgan fingerprint density at radius 1 is 1.17 bits per heavy atom. The zero-order valence-electron chi connectivity index (χ0n) is 13.4. The lowest BCUT2D eigenvalue weighted by Gasteiger charge is -2.12. The van der Waals surface area contributed by atoms with Crippen molar-refractivity contribution in [1.82, 2.24) is 5.32 Å². The lowest BCUT2D eigenvalue weighted by atomic mass is 10.1. The number of hydrogen-bond acceptors (Lipinski definition) is 3. The number of carbonyl (C=O) groups is 1.